The van der Waals surface area contributed by atoms with Crippen LogP contribution in [0.2, 0.25) is 0 Å². The summed E-state index contributed by atoms with van der Waals surface area (Å²) in [6.07, 6.45) is 8.78. The Balaban J connectivity index is 1.94. The van der Waals surface area contributed by atoms with Gasteiger partial charge in [0.05, 0.1) is 7.11 Å². The van der Waals surface area contributed by atoms with Gasteiger partial charge in [0.25, 0.3) is 11.8 Å². The predicted molar refractivity (Wildman–Crippen MR) is 94.4 cm³/mol. The van der Waals surface area contributed by atoms with Crippen LogP contribution in [0, 0.1) is 0 Å². The maximum Gasteiger partial charge on any atom is 0.262 e. The van der Waals surface area contributed by atoms with Crippen molar-refractivity contribution in [3.05, 3.63) is 29.8 Å². The molecular formula is C19H26N2O3. The molecule has 5 nitrogen and oxygen atoms in total. The molecule has 1 aromatic heterocycles. The van der Waals surface area contributed by atoms with E-state index in [1.165, 1.54) is 51.2 Å². The summed E-state index contributed by atoms with van der Waals surface area (Å²) in [5.74, 6) is -0.567. The molecule has 0 unspecified atom stereocenters. The summed E-state index contributed by atoms with van der Waals surface area (Å²) in [5.41, 5.74) is 2.02. The van der Waals surface area contributed by atoms with Crippen molar-refractivity contribution < 1.29 is 14.9 Å². The van der Waals surface area contributed by atoms with Gasteiger partial charge in [-0.1, -0.05) is 63.3 Å². The first-order valence-corrected chi connectivity index (χ1v) is 8.59. The van der Waals surface area contributed by atoms with Crippen LogP contribution in [0.3, 0.4) is 0 Å². The zero-order chi connectivity index (χ0) is 17.4. The highest BCUT2D eigenvalue weighted by atomic mass is 16.5. The highest BCUT2D eigenvalue weighted by Crippen LogP contribution is 2.34. The Morgan fingerprint density at radius 3 is 2.04 bits per heavy atom. The van der Waals surface area contributed by atoms with Crippen molar-refractivity contribution in [2.24, 2.45) is 0 Å². The summed E-state index contributed by atoms with van der Waals surface area (Å²) in [6.45, 7) is 2.23. The molecule has 0 aliphatic heterocycles. The van der Waals surface area contributed by atoms with E-state index in [4.69, 9.17) is 4.74 Å². The van der Waals surface area contributed by atoms with Crippen LogP contribution in [0.5, 0.6) is 17.5 Å². The monoisotopic (exact) mass is 330 g/mol. The first kappa shape index (κ1) is 18.0. The fourth-order valence-electron chi connectivity index (χ4n) is 2.67. The van der Waals surface area contributed by atoms with Gasteiger partial charge in [-0.2, -0.15) is 9.97 Å². The molecule has 0 amide bonds. The molecule has 0 fully saturated rings. The van der Waals surface area contributed by atoms with E-state index in [0.717, 1.165) is 12.0 Å². The normalized spacial score (nSPS) is 10.8. The maximum absolute atomic E-state index is 9.76. The molecular weight excluding hydrogens is 304 g/mol. The van der Waals surface area contributed by atoms with Gasteiger partial charge < -0.3 is 14.9 Å². The Morgan fingerprint density at radius 2 is 1.46 bits per heavy atom. The lowest BCUT2D eigenvalue weighted by atomic mass is 10.0. The quantitative estimate of drug-likeness (QED) is 0.664. The minimum Gasteiger partial charge on any atom is -0.490 e. The summed E-state index contributed by atoms with van der Waals surface area (Å²) >= 11 is 0. The number of rotatable bonds is 9. The molecule has 0 radical (unpaired) electrons. The van der Waals surface area contributed by atoms with Gasteiger partial charge in [0.15, 0.2) is 5.82 Å². The third-order valence-corrected chi connectivity index (χ3v) is 4.07. The fourth-order valence-corrected chi connectivity index (χ4v) is 2.67. The summed E-state index contributed by atoms with van der Waals surface area (Å²) in [7, 11) is 1.34. The number of unbranched alkanes of at least 4 members (excludes halogenated alkanes) is 5. The zero-order valence-corrected chi connectivity index (χ0v) is 14.5. The van der Waals surface area contributed by atoms with E-state index < -0.39 is 0 Å². The minimum absolute atomic E-state index is 0.113. The van der Waals surface area contributed by atoms with Gasteiger partial charge in [-0.25, -0.2) is 0 Å². The second-order valence-corrected chi connectivity index (χ2v) is 5.94. The van der Waals surface area contributed by atoms with Crippen molar-refractivity contribution in [3.63, 3.8) is 0 Å². The number of ether oxygens (including phenoxy) is 1. The first-order chi connectivity index (χ1) is 11.7. The van der Waals surface area contributed by atoms with Gasteiger partial charge >= 0.3 is 0 Å². The molecule has 0 saturated carbocycles. The first-order valence-electron chi connectivity index (χ1n) is 8.59. The van der Waals surface area contributed by atoms with Crippen LogP contribution in [-0.2, 0) is 6.42 Å². The van der Waals surface area contributed by atoms with Gasteiger partial charge in [-0.05, 0) is 18.4 Å². The van der Waals surface area contributed by atoms with Crippen LogP contribution in [-0.4, -0.2) is 27.3 Å². The molecule has 0 atom stereocenters. The van der Waals surface area contributed by atoms with E-state index >= 15 is 0 Å². The molecule has 0 aliphatic carbocycles. The summed E-state index contributed by atoms with van der Waals surface area (Å²) in [5, 5.41) is 19.5. The van der Waals surface area contributed by atoms with E-state index in [1.54, 1.807) is 0 Å². The van der Waals surface area contributed by atoms with Crippen molar-refractivity contribution >= 4 is 0 Å². The number of hydrogen-bond acceptors (Lipinski definition) is 5. The van der Waals surface area contributed by atoms with Gasteiger partial charge in [-0.15, -0.1) is 0 Å². The van der Waals surface area contributed by atoms with E-state index in [9.17, 15) is 10.2 Å². The van der Waals surface area contributed by atoms with E-state index in [2.05, 4.69) is 16.9 Å². The van der Waals surface area contributed by atoms with Crippen LogP contribution < -0.4 is 4.74 Å². The zero-order valence-electron chi connectivity index (χ0n) is 14.5. The molecule has 2 N–H and O–H groups in total. The molecule has 0 spiro atoms. The largest absolute Gasteiger partial charge is 0.490 e. The molecule has 1 heterocycles. The molecule has 5 heteroatoms. The standard InChI is InChI=1S/C19H26N2O3/c1-3-4-5-6-7-8-9-14-10-12-15(13-11-14)17-20-18(22)16(24-2)19(23)21-17/h10-13H,3-9H2,1-2H3,(H2,20,21,22,23). The smallest absolute Gasteiger partial charge is 0.262 e. The lowest BCUT2D eigenvalue weighted by Gasteiger charge is -2.07. The summed E-state index contributed by atoms with van der Waals surface area (Å²) in [4.78, 5) is 7.94. The molecule has 0 aliphatic rings. The highest BCUT2D eigenvalue weighted by Gasteiger charge is 2.14. The summed E-state index contributed by atoms with van der Waals surface area (Å²) < 4.78 is 4.84. The molecule has 24 heavy (non-hydrogen) atoms. The minimum atomic E-state index is -0.365. The average molecular weight is 330 g/mol. The predicted octanol–water partition coefficient (Wildman–Crippen LogP) is 4.47. The highest BCUT2D eigenvalue weighted by molar-refractivity contribution is 5.59. The number of nitrogens with zero attached hydrogens (tertiary/aromatic N) is 2. The molecule has 1 aromatic carbocycles. The Labute approximate surface area is 143 Å². The molecule has 0 bridgehead atoms. The molecule has 2 rings (SSSR count). The second kappa shape index (κ2) is 9.11. The van der Waals surface area contributed by atoms with Crippen LogP contribution in [0.4, 0.5) is 0 Å². The molecule has 130 valence electrons. The SMILES string of the molecule is CCCCCCCCc1ccc(-c2nc(O)c(OC)c(O)n2)cc1. The van der Waals surface area contributed by atoms with Gasteiger partial charge in [0.2, 0.25) is 5.75 Å². The van der Waals surface area contributed by atoms with Crippen LogP contribution in [0.25, 0.3) is 11.4 Å². The van der Waals surface area contributed by atoms with Crippen LogP contribution in [0.1, 0.15) is 51.0 Å². The van der Waals surface area contributed by atoms with E-state index in [1.807, 2.05) is 24.3 Å². The number of aromatic nitrogens is 2. The second-order valence-electron chi connectivity index (χ2n) is 5.94. The van der Waals surface area contributed by atoms with Crippen LogP contribution in [0.15, 0.2) is 24.3 Å². The van der Waals surface area contributed by atoms with Gasteiger partial charge in [0, 0.05) is 5.56 Å². The number of methoxy groups -OCH3 is 1. The van der Waals surface area contributed by atoms with Crippen molar-refractivity contribution in [2.45, 2.75) is 51.9 Å². The van der Waals surface area contributed by atoms with Gasteiger partial charge in [-0.3, -0.25) is 0 Å². The Morgan fingerprint density at radius 1 is 0.875 bits per heavy atom. The van der Waals surface area contributed by atoms with Crippen molar-refractivity contribution in [3.8, 4) is 28.9 Å². The number of aryl methyl sites for hydroxylation is 1. The fraction of sp³-hybridized carbons (Fsp3) is 0.474. The Kier molecular flexibility index (Phi) is 6.85. The van der Waals surface area contributed by atoms with Crippen molar-refractivity contribution in [2.75, 3.05) is 7.11 Å². The lowest BCUT2D eigenvalue weighted by molar-refractivity contribution is 0.328. The molecule has 0 saturated heterocycles. The number of aromatic hydroxyl groups is 2. The Bertz CT molecular complexity index is 619. The van der Waals surface area contributed by atoms with E-state index in [0.29, 0.717) is 0 Å². The third kappa shape index (κ3) is 4.85. The summed E-state index contributed by atoms with van der Waals surface area (Å²) in [6, 6.07) is 7.91. The lowest BCUT2D eigenvalue weighted by Crippen LogP contribution is -1.94. The van der Waals surface area contributed by atoms with Crippen LogP contribution >= 0.6 is 0 Å². The third-order valence-electron chi connectivity index (χ3n) is 4.07. The van der Waals surface area contributed by atoms with Crippen molar-refractivity contribution in [1.82, 2.24) is 9.97 Å². The van der Waals surface area contributed by atoms with Crippen molar-refractivity contribution in [1.29, 1.82) is 0 Å². The Hall–Kier alpha value is -2.30. The number of benzene rings is 1. The van der Waals surface area contributed by atoms with Gasteiger partial charge in [0.1, 0.15) is 0 Å². The molecule has 2 aromatic rings. The number of hydrogen-bond donors (Lipinski definition) is 2. The maximum atomic E-state index is 9.76. The topological polar surface area (TPSA) is 75.5 Å². The van der Waals surface area contributed by atoms with E-state index in [-0.39, 0.29) is 23.3 Å². The average Bonchev–Trinajstić information content (AvgIpc) is 2.58.